The van der Waals surface area contributed by atoms with E-state index >= 15 is 0 Å². The minimum atomic E-state index is -1.16. The average molecular weight is 470 g/mol. The monoisotopic (exact) mass is 469 g/mol. The average Bonchev–Trinajstić information content (AvgIpc) is 3.13. The number of carbonyl (C=O) groups excluding carboxylic acids is 3. The lowest BCUT2D eigenvalue weighted by Gasteiger charge is -2.34. The molecule has 0 radical (unpaired) electrons. The molecule has 0 unspecified atom stereocenters. The van der Waals surface area contributed by atoms with Gasteiger partial charge in [-0.15, -0.1) is 0 Å². The predicted molar refractivity (Wildman–Crippen MR) is 133 cm³/mol. The lowest BCUT2D eigenvalue weighted by atomic mass is 9.76. The summed E-state index contributed by atoms with van der Waals surface area (Å²) < 4.78 is 5.33. The summed E-state index contributed by atoms with van der Waals surface area (Å²) in [5.41, 5.74) is 3.02. The van der Waals surface area contributed by atoms with Crippen LogP contribution in [0.3, 0.4) is 0 Å². The minimum Gasteiger partial charge on any atom is -0.497 e. The molecule has 4 amide bonds. The summed E-state index contributed by atoms with van der Waals surface area (Å²) in [6.07, 6.45) is 2.02. The number of carbonyl (C=O) groups is 3. The number of fused-ring (bicyclic) bond motifs is 2. The lowest BCUT2D eigenvalue weighted by Crippen LogP contribution is -2.49. The molecule has 35 heavy (non-hydrogen) atoms. The van der Waals surface area contributed by atoms with E-state index in [1.165, 1.54) is 0 Å². The first kappa shape index (κ1) is 22.7. The Balaban J connectivity index is 1.41. The smallest absolute Gasteiger partial charge is 0.326 e. The van der Waals surface area contributed by atoms with E-state index in [4.69, 9.17) is 4.74 Å². The Bertz CT molecular complexity index is 1310. The van der Waals surface area contributed by atoms with Crippen LogP contribution in [0.1, 0.15) is 30.9 Å². The van der Waals surface area contributed by atoms with Crippen molar-refractivity contribution in [2.75, 3.05) is 12.4 Å². The summed E-state index contributed by atoms with van der Waals surface area (Å²) in [5, 5.41) is 5.84. The lowest BCUT2D eigenvalue weighted by molar-refractivity contribution is -0.137. The molecule has 7 heteroatoms. The zero-order chi connectivity index (χ0) is 24.6. The van der Waals surface area contributed by atoms with E-state index in [9.17, 15) is 14.4 Å². The van der Waals surface area contributed by atoms with Gasteiger partial charge in [-0.3, -0.25) is 9.59 Å². The number of hydrogen-bond donors (Lipinski definition) is 2. The van der Waals surface area contributed by atoms with Crippen molar-refractivity contribution < 1.29 is 19.1 Å². The van der Waals surface area contributed by atoms with Crippen LogP contribution in [0.2, 0.25) is 0 Å². The Hall–Kier alpha value is -4.13. The van der Waals surface area contributed by atoms with E-state index in [1.807, 2.05) is 66.7 Å². The van der Waals surface area contributed by atoms with Crippen molar-refractivity contribution in [2.24, 2.45) is 0 Å². The number of hydrogen-bond acceptors (Lipinski definition) is 4. The highest BCUT2D eigenvalue weighted by Gasteiger charge is 2.56. The van der Waals surface area contributed by atoms with Gasteiger partial charge in [0.25, 0.3) is 5.91 Å². The number of methoxy groups -OCH3 is 1. The van der Waals surface area contributed by atoms with E-state index in [-0.39, 0.29) is 0 Å². The van der Waals surface area contributed by atoms with E-state index in [0.717, 1.165) is 40.0 Å². The van der Waals surface area contributed by atoms with Crippen molar-refractivity contribution in [1.82, 2.24) is 10.2 Å². The van der Waals surface area contributed by atoms with Crippen molar-refractivity contribution in [3.05, 3.63) is 83.9 Å². The number of nitrogens with one attached hydrogen (secondary N) is 2. The van der Waals surface area contributed by atoms with E-state index in [2.05, 4.69) is 10.6 Å². The Kier molecular flexibility index (Phi) is 5.76. The molecule has 0 aromatic heterocycles. The number of nitrogens with zero attached hydrogens (tertiary/aromatic N) is 1. The molecule has 0 bridgehead atoms. The fraction of sp³-hybridized carbons (Fsp3) is 0.250. The van der Waals surface area contributed by atoms with Crippen molar-refractivity contribution >= 4 is 23.5 Å². The summed E-state index contributed by atoms with van der Waals surface area (Å²) in [4.78, 5) is 41.1. The molecule has 7 nitrogen and oxygen atoms in total. The molecule has 2 atom stereocenters. The highest BCUT2D eigenvalue weighted by Crippen LogP contribution is 2.41. The fourth-order valence-corrected chi connectivity index (χ4v) is 5.11. The molecule has 1 saturated heterocycles. The normalized spacial score (nSPS) is 19.8. The van der Waals surface area contributed by atoms with Crippen molar-refractivity contribution in [2.45, 2.75) is 37.8 Å². The predicted octanol–water partition coefficient (Wildman–Crippen LogP) is 4.47. The summed E-state index contributed by atoms with van der Waals surface area (Å²) in [5.74, 6) is -0.119. The fourth-order valence-electron chi connectivity index (χ4n) is 5.11. The van der Waals surface area contributed by atoms with Crippen LogP contribution in [0.25, 0.3) is 11.1 Å². The molecule has 2 N–H and O–H groups in total. The molecule has 178 valence electrons. The second-order valence-electron chi connectivity index (χ2n) is 8.96. The highest BCUT2D eigenvalue weighted by molar-refractivity contribution is 6.12. The third-order valence-electron chi connectivity index (χ3n) is 6.93. The van der Waals surface area contributed by atoms with Gasteiger partial charge in [-0.2, -0.15) is 0 Å². The second kappa shape index (κ2) is 8.91. The second-order valence-corrected chi connectivity index (χ2v) is 8.96. The SMILES string of the molecule is COc1ccc2c(c1)CCC[C@]21NC(=O)N([C@@H](C)C(=O)Nc2ccccc2-c2ccccc2)C1=O. The molecule has 3 aromatic rings. The summed E-state index contributed by atoms with van der Waals surface area (Å²) in [6.45, 7) is 1.58. The quantitative estimate of drug-likeness (QED) is 0.540. The Labute approximate surface area is 204 Å². The molecular weight excluding hydrogens is 442 g/mol. The number of benzene rings is 3. The molecular formula is C28H27N3O4. The van der Waals surface area contributed by atoms with Gasteiger partial charge in [-0.25, -0.2) is 9.69 Å². The molecule has 1 spiro atoms. The zero-order valence-corrected chi connectivity index (χ0v) is 19.7. The van der Waals surface area contributed by atoms with Gasteiger partial charge in [0, 0.05) is 11.3 Å². The summed E-state index contributed by atoms with van der Waals surface area (Å²) in [7, 11) is 1.60. The zero-order valence-electron chi connectivity index (χ0n) is 19.7. The number of para-hydroxylation sites is 1. The molecule has 1 aliphatic heterocycles. The van der Waals surface area contributed by atoms with Crippen LogP contribution in [-0.2, 0) is 21.5 Å². The first-order valence-electron chi connectivity index (χ1n) is 11.7. The van der Waals surface area contributed by atoms with Gasteiger partial charge in [0.1, 0.15) is 17.3 Å². The van der Waals surface area contributed by atoms with Crippen LogP contribution in [0.5, 0.6) is 5.75 Å². The Morgan fingerprint density at radius 1 is 1.06 bits per heavy atom. The number of urea groups is 1. The molecule has 1 fully saturated rings. The largest absolute Gasteiger partial charge is 0.497 e. The van der Waals surface area contributed by atoms with Gasteiger partial charge in [0.05, 0.1) is 7.11 Å². The number of amides is 4. The molecule has 0 saturated carbocycles. The van der Waals surface area contributed by atoms with E-state index in [1.54, 1.807) is 20.1 Å². The number of rotatable bonds is 5. The number of ether oxygens (including phenoxy) is 1. The molecule has 2 aliphatic rings. The van der Waals surface area contributed by atoms with Gasteiger partial charge >= 0.3 is 6.03 Å². The van der Waals surface area contributed by atoms with Crippen molar-refractivity contribution in [1.29, 1.82) is 0 Å². The first-order chi connectivity index (χ1) is 16.9. The third-order valence-corrected chi connectivity index (χ3v) is 6.93. The first-order valence-corrected chi connectivity index (χ1v) is 11.7. The molecule has 1 heterocycles. The maximum Gasteiger partial charge on any atom is 0.326 e. The number of imide groups is 1. The van der Waals surface area contributed by atoms with Gasteiger partial charge in [-0.05, 0) is 61.1 Å². The Morgan fingerprint density at radius 2 is 1.80 bits per heavy atom. The van der Waals surface area contributed by atoms with Crippen LogP contribution in [0.15, 0.2) is 72.8 Å². The van der Waals surface area contributed by atoms with Gasteiger partial charge in [0.15, 0.2) is 0 Å². The Morgan fingerprint density at radius 3 is 2.57 bits per heavy atom. The van der Waals surface area contributed by atoms with Crippen LogP contribution in [-0.4, -0.2) is 35.9 Å². The summed E-state index contributed by atoms with van der Waals surface area (Å²) >= 11 is 0. The van der Waals surface area contributed by atoms with Gasteiger partial charge in [0.2, 0.25) is 5.91 Å². The van der Waals surface area contributed by atoms with E-state index < -0.39 is 29.4 Å². The van der Waals surface area contributed by atoms with Crippen LogP contribution in [0.4, 0.5) is 10.5 Å². The minimum absolute atomic E-state index is 0.396. The number of anilines is 1. The maximum absolute atomic E-state index is 13.7. The molecule has 1 aliphatic carbocycles. The van der Waals surface area contributed by atoms with Gasteiger partial charge in [-0.1, -0.05) is 54.6 Å². The van der Waals surface area contributed by atoms with Crippen LogP contribution in [0, 0.1) is 0 Å². The topological polar surface area (TPSA) is 87.7 Å². The highest BCUT2D eigenvalue weighted by atomic mass is 16.5. The van der Waals surface area contributed by atoms with Crippen molar-refractivity contribution in [3.63, 3.8) is 0 Å². The number of aryl methyl sites for hydroxylation is 1. The molecule has 5 rings (SSSR count). The third kappa shape index (κ3) is 3.83. The van der Waals surface area contributed by atoms with Gasteiger partial charge < -0.3 is 15.4 Å². The summed E-state index contributed by atoms with van der Waals surface area (Å²) in [6, 6.07) is 21.2. The van der Waals surface area contributed by atoms with E-state index in [0.29, 0.717) is 17.9 Å². The standard InChI is InChI=1S/C28H27N3O4/c1-18(25(32)29-24-13-7-6-12-22(24)19-9-4-3-5-10-19)31-26(33)28(30-27(31)34)16-8-11-20-17-21(35-2)14-15-23(20)28/h3-7,9-10,12-15,17-18H,8,11,16H2,1-2H3,(H,29,32)(H,30,34)/t18-,28-/m0/s1. The maximum atomic E-state index is 13.7. The van der Waals surface area contributed by atoms with Crippen LogP contribution < -0.4 is 15.4 Å². The molecule has 3 aromatic carbocycles. The van der Waals surface area contributed by atoms with Crippen LogP contribution >= 0.6 is 0 Å². The van der Waals surface area contributed by atoms with Crippen molar-refractivity contribution in [3.8, 4) is 16.9 Å².